The largest absolute Gasteiger partial charge is 0.373 e. The van der Waals surface area contributed by atoms with E-state index in [2.05, 4.69) is 38.1 Å². The van der Waals surface area contributed by atoms with Crippen molar-refractivity contribution < 1.29 is 14.3 Å². The highest BCUT2D eigenvalue weighted by Crippen LogP contribution is 2.34. The average Bonchev–Trinajstić information content (AvgIpc) is 3.32. The van der Waals surface area contributed by atoms with Crippen LogP contribution in [0.5, 0.6) is 0 Å². The summed E-state index contributed by atoms with van der Waals surface area (Å²) in [5.41, 5.74) is 0. The number of piperidine rings is 2. The highest BCUT2D eigenvalue weighted by Gasteiger charge is 2.51. The van der Waals surface area contributed by atoms with Crippen molar-refractivity contribution in [3.8, 4) is 0 Å². The Morgan fingerprint density at radius 1 is 1.25 bits per heavy atom. The fraction of sp³-hybridized carbons (Fsp3) is 0.833. The highest BCUT2D eigenvalue weighted by molar-refractivity contribution is 5.78. The van der Waals surface area contributed by atoms with Gasteiger partial charge in [-0.15, -0.1) is 0 Å². The van der Waals surface area contributed by atoms with Crippen LogP contribution in [-0.2, 0) is 9.47 Å². The lowest BCUT2D eigenvalue weighted by atomic mass is 9.92. The Morgan fingerprint density at radius 2 is 2.18 bits per heavy atom. The van der Waals surface area contributed by atoms with Crippen molar-refractivity contribution in [1.82, 2.24) is 36.0 Å². The molecule has 7 atom stereocenters. The van der Waals surface area contributed by atoms with Gasteiger partial charge in [0.2, 0.25) is 0 Å². The first-order valence-electron chi connectivity index (χ1n) is 10.4. The van der Waals surface area contributed by atoms with E-state index in [1.54, 1.807) is 0 Å². The van der Waals surface area contributed by atoms with E-state index in [9.17, 15) is 4.79 Å². The van der Waals surface area contributed by atoms with Gasteiger partial charge in [0.25, 0.3) is 0 Å². The normalized spacial score (nSPS) is 41.5. The summed E-state index contributed by atoms with van der Waals surface area (Å²) in [7, 11) is 0. The van der Waals surface area contributed by atoms with E-state index in [0.29, 0.717) is 6.61 Å². The molecule has 10 nitrogen and oxygen atoms in total. The van der Waals surface area contributed by atoms with Crippen LogP contribution in [0.2, 0.25) is 0 Å². The SMILES string of the molecule is C[C@H]1CCCOC2NC(CCC2c2ncn[nH]2)N2C(=O)NC3NCCC(O1)C32. The van der Waals surface area contributed by atoms with Crippen LogP contribution >= 0.6 is 0 Å². The summed E-state index contributed by atoms with van der Waals surface area (Å²) in [6.45, 7) is 3.62. The predicted molar refractivity (Wildman–Crippen MR) is 99.2 cm³/mol. The first-order valence-corrected chi connectivity index (χ1v) is 10.4. The molecule has 5 heterocycles. The van der Waals surface area contributed by atoms with E-state index in [1.165, 1.54) is 6.33 Å². The second-order valence-electron chi connectivity index (χ2n) is 8.22. The molecule has 2 bridgehead atoms. The van der Waals surface area contributed by atoms with Gasteiger partial charge in [-0.2, -0.15) is 5.10 Å². The Labute approximate surface area is 164 Å². The van der Waals surface area contributed by atoms with Gasteiger partial charge in [-0.25, -0.2) is 9.78 Å². The van der Waals surface area contributed by atoms with Crippen LogP contribution in [0, 0.1) is 0 Å². The van der Waals surface area contributed by atoms with E-state index in [-0.39, 0.29) is 48.8 Å². The van der Waals surface area contributed by atoms with Gasteiger partial charge in [0, 0.05) is 6.61 Å². The zero-order valence-electron chi connectivity index (χ0n) is 16.1. The molecule has 4 N–H and O–H groups in total. The molecule has 4 fully saturated rings. The maximum absolute atomic E-state index is 12.9. The van der Waals surface area contributed by atoms with E-state index >= 15 is 0 Å². The number of H-pyrrole nitrogens is 1. The summed E-state index contributed by atoms with van der Waals surface area (Å²) in [5, 5.41) is 17.1. The van der Waals surface area contributed by atoms with Gasteiger partial charge >= 0.3 is 6.03 Å². The lowest BCUT2D eigenvalue weighted by Crippen LogP contribution is -2.64. The number of ether oxygens (including phenoxy) is 2. The van der Waals surface area contributed by atoms with Gasteiger partial charge in [0.05, 0.1) is 30.3 Å². The van der Waals surface area contributed by atoms with Gasteiger partial charge in [-0.05, 0) is 45.6 Å². The van der Waals surface area contributed by atoms with E-state index in [0.717, 1.165) is 44.5 Å². The molecule has 10 heteroatoms. The van der Waals surface area contributed by atoms with Gasteiger partial charge < -0.3 is 19.7 Å². The predicted octanol–water partition coefficient (Wildman–Crippen LogP) is 0.221. The van der Waals surface area contributed by atoms with Crippen molar-refractivity contribution in [3.63, 3.8) is 0 Å². The number of urea groups is 1. The van der Waals surface area contributed by atoms with Gasteiger partial charge in [-0.1, -0.05) is 0 Å². The molecule has 6 unspecified atom stereocenters. The molecule has 28 heavy (non-hydrogen) atoms. The molecule has 2 amide bonds. The molecule has 5 rings (SSSR count). The van der Waals surface area contributed by atoms with Gasteiger partial charge in [0.1, 0.15) is 24.5 Å². The van der Waals surface area contributed by atoms with Crippen LogP contribution in [0.25, 0.3) is 0 Å². The van der Waals surface area contributed by atoms with Crippen LogP contribution in [0.3, 0.4) is 0 Å². The maximum atomic E-state index is 12.9. The second kappa shape index (κ2) is 7.58. The standard InChI is InChI=1S/C18H29N7O3/c1-10-3-2-8-27-17-11(15-20-9-21-24-15)4-5-13(22-17)25-14-12(28-10)6-7-19-16(14)23-18(25)26/h9-14,16-17,19,22H,2-8H2,1H3,(H,23,26)(H,20,21,24)/t10-,11?,12?,13?,14?,16?,17?/m0/s1. The van der Waals surface area contributed by atoms with E-state index < -0.39 is 0 Å². The molecule has 0 spiro atoms. The number of aromatic nitrogens is 3. The fourth-order valence-corrected chi connectivity index (χ4v) is 5.09. The molecule has 0 saturated carbocycles. The minimum absolute atomic E-state index is 0.0249. The topological polar surface area (TPSA) is 116 Å². The van der Waals surface area contributed by atoms with Gasteiger partial charge in [-0.3, -0.25) is 15.7 Å². The zero-order chi connectivity index (χ0) is 19.1. The molecule has 0 aliphatic carbocycles. The summed E-state index contributed by atoms with van der Waals surface area (Å²) < 4.78 is 12.6. The lowest BCUT2D eigenvalue weighted by Gasteiger charge is -2.45. The zero-order valence-corrected chi connectivity index (χ0v) is 16.1. The molecule has 4 aliphatic rings. The first-order chi connectivity index (χ1) is 13.7. The molecule has 1 aromatic rings. The number of aromatic amines is 1. The summed E-state index contributed by atoms with van der Waals surface area (Å²) in [5.74, 6) is 0.929. The number of carbonyl (C=O) groups is 1. The van der Waals surface area contributed by atoms with Crippen molar-refractivity contribution in [3.05, 3.63) is 12.2 Å². The van der Waals surface area contributed by atoms with Crippen LogP contribution in [0.15, 0.2) is 6.33 Å². The molecule has 4 saturated heterocycles. The van der Waals surface area contributed by atoms with Crippen molar-refractivity contribution in [2.24, 2.45) is 0 Å². The van der Waals surface area contributed by atoms with E-state index in [1.807, 2.05) is 4.90 Å². The number of hydrogen-bond acceptors (Lipinski definition) is 7. The minimum Gasteiger partial charge on any atom is -0.373 e. The number of amides is 2. The fourth-order valence-electron chi connectivity index (χ4n) is 5.09. The molecule has 4 aliphatic heterocycles. The third kappa shape index (κ3) is 3.28. The van der Waals surface area contributed by atoms with Crippen LogP contribution in [0.4, 0.5) is 4.79 Å². The quantitative estimate of drug-likeness (QED) is 0.541. The lowest BCUT2D eigenvalue weighted by molar-refractivity contribution is -0.0973. The first kappa shape index (κ1) is 18.3. The number of hydrogen-bond donors (Lipinski definition) is 4. The van der Waals surface area contributed by atoms with Crippen LogP contribution in [0.1, 0.15) is 50.8 Å². The van der Waals surface area contributed by atoms with Crippen molar-refractivity contribution in [1.29, 1.82) is 0 Å². The minimum atomic E-state index is -0.204. The number of nitrogens with zero attached hydrogens (tertiary/aromatic N) is 3. The van der Waals surface area contributed by atoms with Crippen molar-refractivity contribution in [2.45, 2.75) is 81.8 Å². The third-order valence-corrected chi connectivity index (χ3v) is 6.40. The number of nitrogens with one attached hydrogen (secondary N) is 4. The Hall–Kier alpha value is -1.75. The Kier molecular flexibility index (Phi) is 4.95. The van der Waals surface area contributed by atoms with Crippen molar-refractivity contribution >= 4 is 6.03 Å². The summed E-state index contributed by atoms with van der Waals surface area (Å²) in [6, 6.07) is -0.0693. The summed E-state index contributed by atoms with van der Waals surface area (Å²) >= 11 is 0. The average molecular weight is 391 g/mol. The number of rotatable bonds is 1. The molecule has 154 valence electrons. The molecular formula is C18H29N7O3. The van der Waals surface area contributed by atoms with E-state index in [4.69, 9.17) is 9.47 Å². The highest BCUT2D eigenvalue weighted by atomic mass is 16.5. The molecular weight excluding hydrogens is 362 g/mol. The Bertz CT molecular complexity index is 687. The summed E-state index contributed by atoms with van der Waals surface area (Å²) in [6.07, 6.45) is 5.81. The smallest absolute Gasteiger partial charge is 0.320 e. The van der Waals surface area contributed by atoms with Crippen LogP contribution in [-0.4, -0.2) is 76.1 Å². The molecule has 0 aromatic carbocycles. The molecule has 1 aromatic heterocycles. The van der Waals surface area contributed by atoms with Gasteiger partial charge in [0.15, 0.2) is 0 Å². The number of fused-ring (bicyclic) bond motifs is 3. The maximum Gasteiger partial charge on any atom is 0.320 e. The van der Waals surface area contributed by atoms with Crippen molar-refractivity contribution in [2.75, 3.05) is 13.2 Å². The summed E-state index contributed by atoms with van der Waals surface area (Å²) in [4.78, 5) is 19.2. The Morgan fingerprint density at radius 3 is 3.04 bits per heavy atom. The Balaban J connectivity index is 1.43. The second-order valence-corrected chi connectivity index (χ2v) is 8.22. The van der Waals surface area contributed by atoms with Crippen LogP contribution < -0.4 is 16.0 Å². The molecule has 0 radical (unpaired) electrons. The monoisotopic (exact) mass is 391 g/mol. The number of carbonyl (C=O) groups excluding carboxylic acids is 1. The third-order valence-electron chi connectivity index (χ3n) is 6.40.